The maximum absolute atomic E-state index is 11.8. The van der Waals surface area contributed by atoms with Crippen molar-refractivity contribution in [3.8, 4) is 0 Å². The van der Waals surface area contributed by atoms with E-state index in [0.717, 1.165) is 22.5 Å². The van der Waals surface area contributed by atoms with Gasteiger partial charge in [-0.05, 0) is 30.3 Å². The Bertz CT molecular complexity index is 577. The molecule has 110 valence electrons. The van der Waals surface area contributed by atoms with Crippen molar-refractivity contribution in [2.45, 2.75) is 4.90 Å². The van der Waals surface area contributed by atoms with Gasteiger partial charge in [0.15, 0.2) is 0 Å². The van der Waals surface area contributed by atoms with Gasteiger partial charge in [-0.3, -0.25) is 4.79 Å². The Morgan fingerprint density at radius 1 is 1.10 bits per heavy atom. The second kappa shape index (κ2) is 8.87. The van der Waals surface area contributed by atoms with Crippen LogP contribution in [0.15, 0.2) is 64.0 Å². The highest BCUT2D eigenvalue weighted by molar-refractivity contribution is 9.10. The molecule has 21 heavy (non-hydrogen) atoms. The minimum Gasteiger partial charge on any atom is -0.325 e. The molecule has 2 aromatic rings. The summed E-state index contributed by atoms with van der Waals surface area (Å²) in [5, 5.41) is 6.00. The summed E-state index contributed by atoms with van der Waals surface area (Å²) in [6, 6.07) is 17.8. The molecular formula is C16H17BrN2OS. The molecule has 2 aromatic carbocycles. The molecule has 0 saturated carbocycles. The van der Waals surface area contributed by atoms with E-state index in [2.05, 4.69) is 38.7 Å². The van der Waals surface area contributed by atoms with E-state index in [-0.39, 0.29) is 5.91 Å². The SMILES string of the molecule is O=C(CNCCSc1ccccc1)Nc1cccc(Br)c1. The molecule has 0 aliphatic rings. The van der Waals surface area contributed by atoms with Gasteiger partial charge in [0.05, 0.1) is 6.54 Å². The van der Waals surface area contributed by atoms with E-state index < -0.39 is 0 Å². The molecule has 2 N–H and O–H groups in total. The maximum Gasteiger partial charge on any atom is 0.238 e. The van der Waals surface area contributed by atoms with Gasteiger partial charge in [-0.25, -0.2) is 0 Å². The fourth-order valence-corrected chi connectivity index (χ4v) is 2.96. The molecule has 2 rings (SSSR count). The van der Waals surface area contributed by atoms with Gasteiger partial charge >= 0.3 is 0 Å². The van der Waals surface area contributed by atoms with Gasteiger partial charge in [0, 0.05) is 27.4 Å². The fourth-order valence-electron chi connectivity index (χ4n) is 1.73. The molecular weight excluding hydrogens is 348 g/mol. The van der Waals surface area contributed by atoms with Crippen molar-refractivity contribution < 1.29 is 4.79 Å². The molecule has 0 aliphatic carbocycles. The Morgan fingerprint density at radius 3 is 2.67 bits per heavy atom. The molecule has 0 radical (unpaired) electrons. The molecule has 0 unspecified atom stereocenters. The third-order valence-corrected chi connectivity index (χ3v) is 4.19. The summed E-state index contributed by atoms with van der Waals surface area (Å²) < 4.78 is 0.951. The summed E-state index contributed by atoms with van der Waals surface area (Å²) in [7, 11) is 0. The average molecular weight is 365 g/mol. The zero-order valence-corrected chi connectivity index (χ0v) is 13.9. The molecule has 5 heteroatoms. The minimum atomic E-state index is -0.0298. The highest BCUT2D eigenvalue weighted by Crippen LogP contribution is 2.16. The molecule has 0 aromatic heterocycles. The molecule has 0 atom stereocenters. The van der Waals surface area contributed by atoms with Gasteiger partial charge in [-0.1, -0.05) is 40.2 Å². The van der Waals surface area contributed by atoms with Crippen LogP contribution >= 0.6 is 27.7 Å². The first kappa shape index (κ1) is 16.1. The van der Waals surface area contributed by atoms with Crippen LogP contribution in [-0.2, 0) is 4.79 Å². The number of nitrogens with one attached hydrogen (secondary N) is 2. The predicted molar refractivity (Wildman–Crippen MR) is 92.8 cm³/mol. The standard InChI is InChI=1S/C16H17BrN2OS/c17-13-5-4-6-14(11-13)19-16(20)12-18-9-10-21-15-7-2-1-3-8-15/h1-8,11,18H,9-10,12H2,(H,19,20). The van der Waals surface area contributed by atoms with E-state index >= 15 is 0 Å². The van der Waals surface area contributed by atoms with Gasteiger partial charge in [0.2, 0.25) is 5.91 Å². The molecule has 3 nitrogen and oxygen atoms in total. The van der Waals surface area contributed by atoms with Gasteiger partial charge in [-0.2, -0.15) is 0 Å². The number of anilines is 1. The van der Waals surface area contributed by atoms with Gasteiger partial charge in [0.1, 0.15) is 0 Å². The molecule has 0 spiro atoms. The molecule has 0 bridgehead atoms. The average Bonchev–Trinajstić information content (AvgIpc) is 2.48. The Kier molecular flexibility index (Phi) is 6.79. The molecule has 0 heterocycles. The fraction of sp³-hybridized carbons (Fsp3) is 0.188. The second-order valence-electron chi connectivity index (χ2n) is 4.40. The number of amides is 1. The lowest BCUT2D eigenvalue weighted by Crippen LogP contribution is -2.29. The van der Waals surface area contributed by atoms with Crippen molar-refractivity contribution in [2.75, 3.05) is 24.2 Å². The summed E-state index contributed by atoms with van der Waals surface area (Å²) in [6.07, 6.45) is 0. The van der Waals surface area contributed by atoms with E-state index in [9.17, 15) is 4.79 Å². The van der Waals surface area contributed by atoms with Crippen LogP contribution in [0.25, 0.3) is 0 Å². The van der Waals surface area contributed by atoms with Crippen molar-refractivity contribution in [2.24, 2.45) is 0 Å². The second-order valence-corrected chi connectivity index (χ2v) is 6.48. The first-order valence-corrected chi connectivity index (χ1v) is 8.46. The van der Waals surface area contributed by atoms with Crippen molar-refractivity contribution in [1.82, 2.24) is 5.32 Å². The quantitative estimate of drug-likeness (QED) is 0.580. The van der Waals surface area contributed by atoms with Crippen LogP contribution in [0.1, 0.15) is 0 Å². The van der Waals surface area contributed by atoms with Gasteiger partial charge in [-0.15, -0.1) is 11.8 Å². The van der Waals surface area contributed by atoms with E-state index in [0.29, 0.717) is 6.54 Å². The predicted octanol–water partition coefficient (Wildman–Crippen LogP) is 3.77. The minimum absolute atomic E-state index is 0.0298. The first-order chi connectivity index (χ1) is 10.2. The van der Waals surface area contributed by atoms with Gasteiger partial charge in [0.25, 0.3) is 0 Å². The smallest absolute Gasteiger partial charge is 0.238 e. The van der Waals surface area contributed by atoms with Crippen LogP contribution in [0, 0.1) is 0 Å². The van der Waals surface area contributed by atoms with Crippen molar-refractivity contribution >= 4 is 39.3 Å². The highest BCUT2D eigenvalue weighted by Gasteiger charge is 2.02. The van der Waals surface area contributed by atoms with Crippen LogP contribution in [0.4, 0.5) is 5.69 Å². The van der Waals surface area contributed by atoms with Gasteiger partial charge < -0.3 is 10.6 Å². The lowest BCUT2D eigenvalue weighted by molar-refractivity contribution is -0.115. The largest absolute Gasteiger partial charge is 0.325 e. The van der Waals surface area contributed by atoms with E-state index in [1.807, 2.05) is 42.5 Å². The van der Waals surface area contributed by atoms with E-state index in [4.69, 9.17) is 0 Å². The van der Waals surface area contributed by atoms with E-state index in [1.165, 1.54) is 4.90 Å². The number of carbonyl (C=O) groups excluding carboxylic acids is 1. The van der Waals surface area contributed by atoms with Crippen LogP contribution in [-0.4, -0.2) is 24.7 Å². The zero-order chi connectivity index (χ0) is 14.9. The van der Waals surface area contributed by atoms with Crippen molar-refractivity contribution in [3.05, 3.63) is 59.1 Å². The summed E-state index contributed by atoms with van der Waals surface area (Å²) in [4.78, 5) is 13.0. The van der Waals surface area contributed by atoms with Crippen LogP contribution < -0.4 is 10.6 Å². The molecule has 0 saturated heterocycles. The molecule has 1 amide bonds. The molecule has 0 aliphatic heterocycles. The van der Waals surface area contributed by atoms with Crippen LogP contribution in [0.2, 0.25) is 0 Å². The Labute approximate surface area is 137 Å². The Hall–Kier alpha value is -1.30. The zero-order valence-electron chi connectivity index (χ0n) is 11.5. The lowest BCUT2D eigenvalue weighted by atomic mass is 10.3. The summed E-state index contributed by atoms with van der Waals surface area (Å²) in [5.41, 5.74) is 0.801. The number of halogens is 1. The van der Waals surface area contributed by atoms with Crippen LogP contribution in [0.5, 0.6) is 0 Å². The summed E-state index contributed by atoms with van der Waals surface area (Å²) in [6.45, 7) is 1.12. The van der Waals surface area contributed by atoms with Crippen molar-refractivity contribution in [1.29, 1.82) is 0 Å². The summed E-state index contributed by atoms with van der Waals surface area (Å²) in [5.74, 6) is 0.909. The summed E-state index contributed by atoms with van der Waals surface area (Å²) >= 11 is 5.16. The number of hydrogen-bond donors (Lipinski definition) is 2. The number of carbonyl (C=O) groups is 1. The molecule has 0 fully saturated rings. The first-order valence-electron chi connectivity index (χ1n) is 6.68. The third kappa shape index (κ3) is 6.33. The topological polar surface area (TPSA) is 41.1 Å². The number of hydrogen-bond acceptors (Lipinski definition) is 3. The number of rotatable bonds is 7. The van der Waals surface area contributed by atoms with E-state index in [1.54, 1.807) is 11.8 Å². The maximum atomic E-state index is 11.8. The number of thioether (sulfide) groups is 1. The number of benzene rings is 2. The van der Waals surface area contributed by atoms with Crippen LogP contribution in [0.3, 0.4) is 0 Å². The highest BCUT2D eigenvalue weighted by atomic mass is 79.9. The normalized spacial score (nSPS) is 10.3. The lowest BCUT2D eigenvalue weighted by Gasteiger charge is -2.07. The third-order valence-electron chi connectivity index (χ3n) is 2.68. The van der Waals surface area contributed by atoms with Crippen molar-refractivity contribution in [3.63, 3.8) is 0 Å². The Balaban J connectivity index is 1.61. The Morgan fingerprint density at radius 2 is 1.90 bits per heavy atom. The monoisotopic (exact) mass is 364 g/mol.